The first-order valence-corrected chi connectivity index (χ1v) is 10.5. The standard InChI is InChI=1S/C22H15ClN2O5S/c1-28-15-5-3-4-12(19(15)29-2)17-16-18(26)13-10-11(23)6-7-14(13)30-20(16)21(27)25(17)22-24-8-9-31-22/h3-10,17H,1-2H3. The Morgan fingerprint density at radius 2 is 2.00 bits per heavy atom. The molecule has 0 bridgehead atoms. The number of hydrogen-bond donors (Lipinski definition) is 0. The van der Waals surface area contributed by atoms with Crippen LogP contribution in [0.4, 0.5) is 5.13 Å². The van der Waals surface area contributed by atoms with Crippen molar-refractivity contribution >= 4 is 44.9 Å². The van der Waals surface area contributed by atoms with E-state index in [1.165, 1.54) is 30.5 Å². The van der Waals surface area contributed by atoms with Gasteiger partial charge in [0.2, 0.25) is 5.76 Å². The molecule has 0 saturated carbocycles. The molecule has 0 saturated heterocycles. The first-order chi connectivity index (χ1) is 15.0. The van der Waals surface area contributed by atoms with Crippen LogP contribution in [0.25, 0.3) is 11.0 Å². The van der Waals surface area contributed by atoms with E-state index in [9.17, 15) is 9.59 Å². The molecular weight excluding hydrogens is 440 g/mol. The summed E-state index contributed by atoms with van der Waals surface area (Å²) < 4.78 is 17.0. The normalized spacial score (nSPS) is 15.4. The van der Waals surface area contributed by atoms with E-state index < -0.39 is 11.9 Å². The van der Waals surface area contributed by atoms with Gasteiger partial charge in [-0.25, -0.2) is 4.98 Å². The summed E-state index contributed by atoms with van der Waals surface area (Å²) in [4.78, 5) is 32.8. The van der Waals surface area contributed by atoms with Crippen LogP contribution in [-0.4, -0.2) is 25.1 Å². The zero-order valence-corrected chi connectivity index (χ0v) is 18.0. The average Bonchev–Trinajstić information content (AvgIpc) is 3.40. The van der Waals surface area contributed by atoms with Crippen molar-refractivity contribution in [2.75, 3.05) is 19.1 Å². The monoisotopic (exact) mass is 454 g/mol. The van der Waals surface area contributed by atoms with Crippen LogP contribution in [0.1, 0.15) is 27.7 Å². The molecule has 0 spiro atoms. The van der Waals surface area contributed by atoms with Gasteiger partial charge < -0.3 is 13.9 Å². The summed E-state index contributed by atoms with van der Waals surface area (Å²) >= 11 is 7.40. The molecule has 0 radical (unpaired) electrons. The number of carbonyl (C=O) groups is 1. The van der Waals surface area contributed by atoms with Gasteiger partial charge in [0.15, 0.2) is 22.1 Å². The number of thiazole rings is 1. The lowest BCUT2D eigenvalue weighted by Gasteiger charge is -2.24. The summed E-state index contributed by atoms with van der Waals surface area (Å²) in [6.07, 6.45) is 1.60. The smallest absolute Gasteiger partial charge is 0.297 e. The number of benzene rings is 2. The zero-order chi connectivity index (χ0) is 21.7. The maximum atomic E-state index is 13.6. The fourth-order valence-corrected chi connectivity index (χ4v) is 4.74. The molecule has 7 nitrogen and oxygen atoms in total. The van der Waals surface area contributed by atoms with Crippen LogP contribution in [0.5, 0.6) is 11.5 Å². The molecule has 1 aliphatic heterocycles. The Kier molecular flexibility index (Phi) is 4.68. The Morgan fingerprint density at radius 1 is 1.16 bits per heavy atom. The van der Waals surface area contributed by atoms with Crippen molar-refractivity contribution in [1.82, 2.24) is 4.98 Å². The van der Waals surface area contributed by atoms with E-state index in [2.05, 4.69) is 4.98 Å². The van der Waals surface area contributed by atoms with Crippen LogP contribution >= 0.6 is 22.9 Å². The summed E-state index contributed by atoms with van der Waals surface area (Å²) in [7, 11) is 3.03. The quantitative estimate of drug-likeness (QED) is 0.445. The molecule has 5 rings (SSSR count). The predicted octanol–water partition coefficient (Wildman–Crippen LogP) is 4.67. The summed E-state index contributed by atoms with van der Waals surface area (Å²) in [5.74, 6) is 0.426. The highest BCUT2D eigenvalue weighted by Crippen LogP contribution is 2.46. The molecule has 1 amide bonds. The highest BCUT2D eigenvalue weighted by molar-refractivity contribution is 7.13. The molecule has 9 heteroatoms. The second kappa shape index (κ2) is 7.40. The van der Waals surface area contributed by atoms with Crippen molar-refractivity contribution in [2.45, 2.75) is 6.04 Å². The Bertz CT molecular complexity index is 1380. The number of carbonyl (C=O) groups excluding carboxylic acids is 1. The van der Waals surface area contributed by atoms with Gasteiger partial charge in [-0.2, -0.15) is 0 Å². The van der Waals surface area contributed by atoms with Gasteiger partial charge in [-0.1, -0.05) is 23.7 Å². The number of ether oxygens (including phenoxy) is 2. The van der Waals surface area contributed by atoms with Crippen LogP contribution in [-0.2, 0) is 0 Å². The van der Waals surface area contributed by atoms with Gasteiger partial charge >= 0.3 is 0 Å². The third-order valence-corrected chi connectivity index (χ3v) is 6.19. The Hall–Kier alpha value is -3.36. The molecule has 156 valence electrons. The molecule has 0 fully saturated rings. The van der Waals surface area contributed by atoms with E-state index in [0.717, 1.165) is 0 Å². The molecule has 1 unspecified atom stereocenters. The van der Waals surface area contributed by atoms with E-state index >= 15 is 0 Å². The number of aromatic nitrogens is 1. The number of nitrogens with zero attached hydrogens (tertiary/aromatic N) is 2. The molecule has 0 N–H and O–H groups in total. The molecule has 2 aromatic carbocycles. The highest BCUT2D eigenvalue weighted by atomic mass is 35.5. The third-order valence-electron chi connectivity index (χ3n) is 5.19. The molecule has 3 heterocycles. The number of para-hydroxylation sites is 1. The fraction of sp³-hybridized carbons (Fsp3) is 0.136. The lowest BCUT2D eigenvalue weighted by Crippen LogP contribution is -2.29. The number of anilines is 1. The van der Waals surface area contributed by atoms with Crippen LogP contribution in [0.2, 0.25) is 5.02 Å². The topological polar surface area (TPSA) is 81.9 Å². The molecule has 31 heavy (non-hydrogen) atoms. The van der Waals surface area contributed by atoms with Crippen molar-refractivity contribution in [2.24, 2.45) is 0 Å². The molecule has 0 aliphatic carbocycles. The van der Waals surface area contributed by atoms with Crippen LogP contribution in [0.3, 0.4) is 0 Å². The van der Waals surface area contributed by atoms with E-state index in [1.54, 1.807) is 48.0 Å². The van der Waals surface area contributed by atoms with Crippen molar-refractivity contribution in [3.8, 4) is 11.5 Å². The Morgan fingerprint density at radius 3 is 2.71 bits per heavy atom. The molecular formula is C22H15ClN2O5S. The van der Waals surface area contributed by atoms with Crippen LogP contribution < -0.4 is 19.8 Å². The number of fused-ring (bicyclic) bond motifs is 2. The minimum Gasteiger partial charge on any atom is -0.493 e. The maximum Gasteiger partial charge on any atom is 0.297 e. The van der Waals surface area contributed by atoms with Crippen LogP contribution in [0.15, 0.2) is 57.2 Å². The van der Waals surface area contributed by atoms with Crippen LogP contribution in [0, 0.1) is 0 Å². The number of hydrogen-bond acceptors (Lipinski definition) is 7. The lowest BCUT2D eigenvalue weighted by atomic mass is 9.97. The third kappa shape index (κ3) is 2.90. The second-order valence-corrected chi connectivity index (χ2v) is 8.10. The SMILES string of the molecule is COc1cccc(C2c3c(oc4ccc(Cl)cc4c3=O)C(=O)N2c2nccs2)c1OC. The molecule has 1 aliphatic rings. The summed E-state index contributed by atoms with van der Waals surface area (Å²) in [5.41, 5.74) is 0.749. The van der Waals surface area contributed by atoms with E-state index in [0.29, 0.717) is 38.2 Å². The first-order valence-electron chi connectivity index (χ1n) is 9.25. The van der Waals surface area contributed by atoms with E-state index in [4.69, 9.17) is 25.5 Å². The number of halogens is 1. The van der Waals surface area contributed by atoms with Crippen molar-refractivity contribution in [3.63, 3.8) is 0 Å². The maximum absolute atomic E-state index is 13.6. The van der Waals surface area contributed by atoms with Gasteiger partial charge in [-0.05, 0) is 24.3 Å². The van der Waals surface area contributed by atoms with Crippen molar-refractivity contribution in [1.29, 1.82) is 0 Å². The van der Waals surface area contributed by atoms with Gasteiger partial charge in [0, 0.05) is 22.2 Å². The van der Waals surface area contributed by atoms with Crippen molar-refractivity contribution in [3.05, 3.63) is 80.1 Å². The number of rotatable bonds is 4. The molecule has 1 atom stereocenters. The fourth-order valence-electron chi connectivity index (χ4n) is 3.90. The summed E-state index contributed by atoms with van der Waals surface area (Å²) in [6, 6.07) is 9.24. The lowest BCUT2D eigenvalue weighted by molar-refractivity contribution is 0.0970. The average molecular weight is 455 g/mol. The zero-order valence-electron chi connectivity index (χ0n) is 16.4. The van der Waals surface area contributed by atoms with E-state index in [1.807, 2.05) is 0 Å². The second-order valence-electron chi connectivity index (χ2n) is 6.79. The molecule has 2 aromatic heterocycles. The number of methoxy groups -OCH3 is 2. The Balaban J connectivity index is 1.87. The largest absolute Gasteiger partial charge is 0.493 e. The molecule has 4 aromatic rings. The number of amides is 1. The van der Waals surface area contributed by atoms with Gasteiger partial charge in [0.1, 0.15) is 11.6 Å². The van der Waals surface area contributed by atoms with Gasteiger partial charge in [-0.15, -0.1) is 11.3 Å². The van der Waals surface area contributed by atoms with E-state index in [-0.39, 0.29) is 16.8 Å². The predicted molar refractivity (Wildman–Crippen MR) is 118 cm³/mol. The Labute approximate surface area is 185 Å². The highest BCUT2D eigenvalue weighted by Gasteiger charge is 2.46. The summed E-state index contributed by atoms with van der Waals surface area (Å²) in [5, 5.41) is 2.90. The van der Waals surface area contributed by atoms with Gasteiger partial charge in [-0.3, -0.25) is 14.5 Å². The minimum absolute atomic E-state index is 0.0232. The van der Waals surface area contributed by atoms with Gasteiger partial charge in [0.05, 0.1) is 25.2 Å². The first kappa shape index (κ1) is 19.6. The summed E-state index contributed by atoms with van der Waals surface area (Å²) in [6.45, 7) is 0. The van der Waals surface area contributed by atoms with Crippen molar-refractivity contribution < 1.29 is 18.7 Å². The minimum atomic E-state index is -0.807. The van der Waals surface area contributed by atoms with Gasteiger partial charge in [0.25, 0.3) is 5.91 Å².